The number of nitrogens with zero attached hydrogens (tertiary/aromatic N) is 1. The van der Waals surface area contributed by atoms with Crippen LogP contribution in [0.25, 0.3) is 0 Å². The third kappa shape index (κ3) is 5.69. The van der Waals surface area contributed by atoms with Crippen LogP contribution in [0.2, 0.25) is 0 Å². The number of nitrogens with two attached hydrogens (primary N) is 1. The van der Waals surface area contributed by atoms with Crippen molar-refractivity contribution < 1.29 is 28.9 Å². The van der Waals surface area contributed by atoms with Gasteiger partial charge in [-0.25, -0.2) is 4.79 Å². The molecule has 3 rings (SSSR count). The Morgan fingerprint density at radius 1 is 1.14 bits per heavy atom. The average Bonchev–Trinajstić information content (AvgIpc) is 2.80. The Labute approximate surface area is 219 Å². The van der Waals surface area contributed by atoms with Crippen LogP contribution < -0.4 is 10.5 Å². The zero-order chi connectivity index (χ0) is 27.4. The Morgan fingerprint density at radius 3 is 2.35 bits per heavy atom. The molecule has 8 nitrogen and oxygen atoms in total. The van der Waals surface area contributed by atoms with Crippen LogP contribution in [0.3, 0.4) is 0 Å². The predicted octanol–water partition coefficient (Wildman–Crippen LogP) is 4.69. The summed E-state index contributed by atoms with van der Waals surface area (Å²) in [4.78, 5) is 28.1. The van der Waals surface area contributed by atoms with E-state index in [1.54, 1.807) is 17.0 Å². The monoisotopic (exact) mass is 512 g/mol. The normalized spacial score (nSPS) is 16.4. The van der Waals surface area contributed by atoms with Gasteiger partial charge >= 0.3 is 6.09 Å². The number of benzene rings is 2. The second-order valence-corrected chi connectivity index (χ2v) is 10.8. The molecule has 0 saturated carbocycles. The SMILES string of the molecule is CCCCOC1(c2ccccc2C)CN(C(=O)C(Cc2ccc(OC)cc2O)(OC(N)=O)C(C)(C)C)C1. The van der Waals surface area contributed by atoms with Gasteiger partial charge in [-0.05, 0) is 36.1 Å². The standard InChI is InChI=1S/C29H40N2O6/c1-7-8-15-36-28(23-12-10-9-11-20(23)2)18-31(19-28)25(33)29(27(3,4)5,37-26(30)34)17-21-13-14-22(35-6)16-24(21)32/h9-14,16,32H,7-8,15,17-19H2,1-6H3,(H2,30,34). The lowest BCUT2D eigenvalue weighted by molar-refractivity contribution is -0.196. The molecular weight excluding hydrogens is 472 g/mol. The number of phenols is 1. The van der Waals surface area contributed by atoms with Crippen molar-refractivity contribution in [2.45, 2.75) is 65.1 Å². The van der Waals surface area contributed by atoms with Gasteiger partial charge in [0, 0.05) is 24.5 Å². The highest BCUT2D eigenvalue weighted by Gasteiger charge is 2.59. The van der Waals surface area contributed by atoms with E-state index in [0.29, 0.717) is 31.0 Å². The van der Waals surface area contributed by atoms with E-state index in [9.17, 15) is 14.7 Å². The summed E-state index contributed by atoms with van der Waals surface area (Å²) in [6, 6.07) is 12.8. The molecule has 1 heterocycles. The van der Waals surface area contributed by atoms with Crippen molar-refractivity contribution in [1.29, 1.82) is 0 Å². The number of amides is 2. The van der Waals surface area contributed by atoms with Gasteiger partial charge in [0.05, 0.1) is 20.2 Å². The van der Waals surface area contributed by atoms with Crippen molar-refractivity contribution in [1.82, 2.24) is 4.90 Å². The van der Waals surface area contributed by atoms with Crippen molar-refractivity contribution in [2.75, 3.05) is 26.8 Å². The predicted molar refractivity (Wildman–Crippen MR) is 142 cm³/mol. The van der Waals surface area contributed by atoms with Gasteiger partial charge in [0.1, 0.15) is 17.1 Å². The summed E-state index contributed by atoms with van der Waals surface area (Å²) in [5.41, 5.74) is 4.93. The molecule has 1 aliphatic rings. The van der Waals surface area contributed by atoms with Crippen LogP contribution in [0.1, 0.15) is 57.2 Å². The van der Waals surface area contributed by atoms with Gasteiger partial charge < -0.3 is 30.0 Å². The zero-order valence-electron chi connectivity index (χ0n) is 22.8. The van der Waals surface area contributed by atoms with Gasteiger partial charge in [0.15, 0.2) is 0 Å². The number of carbonyl (C=O) groups excluding carboxylic acids is 2. The van der Waals surface area contributed by atoms with E-state index < -0.39 is 22.7 Å². The Hall–Kier alpha value is -3.26. The summed E-state index contributed by atoms with van der Waals surface area (Å²) >= 11 is 0. The fourth-order valence-electron chi connectivity index (χ4n) is 4.96. The van der Waals surface area contributed by atoms with Gasteiger partial charge in [0.2, 0.25) is 5.60 Å². The molecule has 202 valence electrons. The molecule has 2 aromatic rings. The topological polar surface area (TPSA) is 111 Å². The number of hydrogen-bond acceptors (Lipinski definition) is 6. The summed E-state index contributed by atoms with van der Waals surface area (Å²) in [6.45, 7) is 10.8. The smallest absolute Gasteiger partial charge is 0.405 e. The highest BCUT2D eigenvalue weighted by Crippen LogP contribution is 2.45. The summed E-state index contributed by atoms with van der Waals surface area (Å²) in [5, 5.41) is 10.7. The van der Waals surface area contributed by atoms with E-state index in [4.69, 9.17) is 19.9 Å². The molecule has 3 N–H and O–H groups in total. The number of likely N-dealkylation sites (tertiary alicyclic amines) is 1. The van der Waals surface area contributed by atoms with Crippen molar-refractivity contribution in [3.63, 3.8) is 0 Å². The molecule has 8 heteroatoms. The quantitative estimate of drug-likeness (QED) is 0.447. The third-order valence-electron chi connectivity index (χ3n) is 7.26. The van der Waals surface area contributed by atoms with E-state index in [2.05, 4.69) is 6.92 Å². The number of aryl methyl sites for hydroxylation is 1. The Kier molecular flexibility index (Phi) is 8.42. The Morgan fingerprint density at radius 2 is 1.81 bits per heavy atom. The van der Waals surface area contributed by atoms with Crippen LogP contribution in [-0.4, -0.2) is 54.4 Å². The minimum absolute atomic E-state index is 0.0569. The molecule has 0 bridgehead atoms. The minimum Gasteiger partial charge on any atom is -0.508 e. The lowest BCUT2D eigenvalue weighted by Crippen LogP contribution is -2.70. The lowest BCUT2D eigenvalue weighted by atomic mass is 9.70. The first kappa shape index (κ1) is 28.3. The molecule has 1 unspecified atom stereocenters. The molecule has 1 saturated heterocycles. The number of phenolic OH excluding ortho intramolecular Hbond substituents is 1. The minimum atomic E-state index is -1.66. The zero-order valence-corrected chi connectivity index (χ0v) is 22.8. The molecule has 1 aliphatic heterocycles. The first-order valence-corrected chi connectivity index (χ1v) is 12.7. The van der Waals surface area contributed by atoms with Crippen molar-refractivity contribution in [3.8, 4) is 11.5 Å². The van der Waals surface area contributed by atoms with Gasteiger partial charge in [-0.1, -0.05) is 64.4 Å². The number of primary amides is 1. The summed E-state index contributed by atoms with van der Waals surface area (Å²) in [6.07, 6.45) is 0.798. The van der Waals surface area contributed by atoms with Gasteiger partial charge in [-0.15, -0.1) is 0 Å². The fourth-order valence-corrected chi connectivity index (χ4v) is 4.96. The molecule has 2 amide bonds. The van der Waals surface area contributed by atoms with Crippen LogP contribution in [0.4, 0.5) is 4.79 Å². The number of carbonyl (C=O) groups is 2. The average molecular weight is 513 g/mol. The molecule has 0 aliphatic carbocycles. The first-order chi connectivity index (χ1) is 17.4. The maximum atomic E-state index is 14.2. The largest absolute Gasteiger partial charge is 0.508 e. The molecule has 0 radical (unpaired) electrons. The van der Waals surface area contributed by atoms with E-state index in [0.717, 1.165) is 24.0 Å². The van der Waals surface area contributed by atoms with Gasteiger partial charge in [0.25, 0.3) is 5.91 Å². The second-order valence-electron chi connectivity index (χ2n) is 10.8. The number of hydrogen-bond donors (Lipinski definition) is 2. The highest BCUT2D eigenvalue weighted by molar-refractivity contribution is 5.90. The number of unbranched alkanes of at least 4 members (excludes halogenated alkanes) is 1. The summed E-state index contributed by atoms with van der Waals surface area (Å²) in [5.74, 6) is 0.0340. The summed E-state index contributed by atoms with van der Waals surface area (Å²) in [7, 11) is 1.50. The Balaban J connectivity index is 1.99. The third-order valence-corrected chi connectivity index (χ3v) is 7.26. The van der Waals surface area contributed by atoms with E-state index in [1.165, 1.54) is 13.2 Å². The van der Waals surface area contributed by atoms with Crippen LogP contribution in [-0.2, 0) is 26.3 Å². The summed E-state index contributed by atoms with van der Waals surface area (Å²) < 4.78 is 17.3. The van der Waals surface area contributed by atoms with Crippen LogP contribution in [0, 0.1) is 12.3 Å². The van der Waals surface area contributed by atoms with E-state index in [1.807, 2.05) is 52.0 Å². The number of rotatable bonds is 10. The lowest BCUT2D eigenvalue weighted by Gasteiger charge is -2.54. The molecule has 37 heavy (non-hydrogen) atoms. The van der Waals surface area contributed by atoms with E-state index in [-0.39, 0.29) is 18.1 Å². The van der Waals surface area contributed by atoms with Crippen LogP contribution in [0.15, 0.2) is 42.5 Å². The van der Waals surface area contributed by atoms with Crippen molar-refractivity contribution in [3.05, 3.63) is 59.2 Å². The molecule has 1 fully saturated rings. The molecule has 0 spiro atoms. The maximum Gasteiger partial charge on any atom is 0.405 e. The maximum absolute atomic E-state index is 14.2. The van der Waals surface area contributed by atoms with Gasteiger partial charge in [-0.2, -0.15) is 0 Å². The number of ether oxygens (including phenoxy) is 3. The number of aromatic hydroxyl groups is 1. The Bertz CT molecular complexity index is 1120. The van der Waals surface area contributed by atoms with Crippen LogP contribution in [0.5, 0.6) is 11.5 Å². The second kappa shape index (κ2) is 11.0. The number of methoxy groups -OCH3 is 1. The van der Waals surface area contributed by atoms with Crippen molar-refractivity contribution >= 4 is 12.0 Å². The molecule has 2 aromatic carbocycles. The highest BCUT2D eigenvalue weighted by atomic mass is 16.6. The van der Waals surface area contributed by atoms with Crippen molar-refractivity contribution in [2.24, 2.45) is 11.1 Å². The van der Waals surface area contributed by atoms with Gasteiger partial charge in [-0.3, -0.25) is 4.79 Å². The molecule has 1 atom stereocenters. The fraction of sp³-hybridized carbons (Fsp3) is 0.517. The van der Waals surface area contributed by atoms with Crippen LogP contribution >= 0.6 is 0 Å². The first-order valence-electron chi connectivity index (χ1n) is 12.7. The van der Waals surface area contributed by atoms with E-state index >= 15 is 0 Å². The molecular formula is C29H40N2O6. The molecule has 0 aromatic heterocycles.